The number of hydrogen-bond acceptors (Lipinski definition) is 5. The fraction of sp³-hybridized carbons (Fsp3) is 0.267. The third kappa shape index (κ3) is 3.95. The second kappa shape index (κ2) is 7.08. The molecule has 2 rings (SSSR count). The molecule has 0 aliphatic carbocycles. The molecule has 0 fully saturated rings. The van der Waals surface area contributed by atoms with E-state index in [1.807, 2.05) is 37.3 Å². The first-order valence-corrected chi connectivity index (χ1v) is 7.43. The first-order chi connectivity index (χ1) is 10.1. The molecule has 5 nitrogen and oxygen atoms in total. The average Bonchev–Trinajstić information content (AvgIpc) is 2.52. The van der Waals surface area contributed by atoms with Crippen molar-refractivity contribution >= 4 is 17.7 Å². The van der Waals surface area contributed by atoms with Gasteiger partial charge in [-0.3, -0.25) is 9.59 Å². The third-order valence-electron chi connectivity index (χ3n) is 2.88. The van der Waals surface area contributed by atoms with E-state index >= 15 is 0 Å². The van der Waals surface area contributed by atoms with Crippen LogP contribution in [0.1, 0.15) is 13.3 Å². The van der Waals surface area contributed by atoms with Gasteiger partial charge in [0.15, 0.2) is 5.16 Å². The average molecular weight is 304 g/mol. The van der Waals surface area contributed by atoms with Gasteiger partial charge in [0.1, 0.15) is 5.25 Å². The van der Waals surface area contributed by atoms with Crippen LogP contribution in [0.4, 0.5) is 0 Å². The van der Waals surface area contributed by atoms with Gasteiger partial charge in [-0.15, -0.1) is 0 Å². The fourth-order valence-corrected chi connectivity index (χ4v) is 2.75. The summed E-state index contributed by atoms with van der Waals surface area (Å²) in [6.07, 6.45) is 0.594. The molecule has 2 aromatic rings. The number of nitrogens with zero attached hydrogens (tertiary/aromatic N) is 1. The molecule has 110 valence electrons. The molecule has 0 bridgehead atoms. The predicted molar refractivity (Wildman–Crippen MR) is 82.2 cm³/mol. The van der Waals surface area contributed by atoms with Gasteiger partial charge >= 0.3 is 5.97 Å². The Hall–Kier alpha value is -2.08. The van der Waals surface area contributed by atoms with Crippen LogP contribution in [0.25, 0.3) is 11.3 Å². The van der Waals surface area contributed by atoms with E-state index in [2.05, 4.69) is 9.97 Å². The summed E-state index contributed by atoms with van der Waals surface area (Å²) in [5.74, 6) is -0.324. The Balaban J connectivity index is 2.31. The monoisotopic (exact) mass is 304 g/mol. The van der Waals surface area contributed by atoms with E-state index in [0.29, 0.717) is 17.3 Å². The molecule has 6 heteroatoms. The molecule has 1 atom stereocenters. The van der Waals surface area contributed by atoms with E-state index in [1.165, 1.54) is 24.9 Å². The van der Waals surface area contributed by atoms with Crippen molar-refractivity contribution in [2.45, 2.75) is 23.8 Å². The summed E-state index contributed by atoms with van der Waals surface area (Å²) in [4.78, 5) is 30.5. The molecule has 1 aromatic carbocycles. The predicted octanol–water partition coefficient (Wildman–Crippen LogP) is 2.48. The number of thioether (sulfide) groups is 1. The zero-order valence-electron chi connectivity index (χ0n) is 11.8. The number of esters is 1. The van der Waals surface area contributed by atoms with Gasteiger partial charge < -0.3 is 9.72 Å². The van der Waals surface area contributed by atoms with Crippen LogP contribution in [0.15, 0.2) is 46.3 Å². The third-order valence-corrected chi connectivity index (χ3v) is 4.11. The van der Waals surface area contributed by atoms with Crippen molar-refractivity contribution in [3.8, 4) is 11.3 Å². The number of carbonyl (C=O) groups excluding carboxylic acids is 1. The minimum Gasteiger partial charge on any atom is -0.468 e. The van der Waals surface area contributed by atoms with E-state index in [-0.39, 0.29) is 16.8 Å². The Morgan fingerprint density at radius 2 is 2.10 bits per heavy atom. The van der Waals surface area contributed by atoms with Crippen LogP contribution in [-0.2, 0) is 9.53 Å². The number of methoxy groups -OCH3 is 1. The van der Waals surface area contributed by atoms with Gasteiger partial charge in [-0.1, -0.05) is 49.0 Å². The molecule has 0 saturated carbocycles. The number of aromatic nitrogens is 2. The van der Waals surface area contributed by atoms with E-state index in [0.717, 1.165) is 5.56 Å². The molecule has 21 heavy (non-hydrogen) atoms. The molecule has 0 radical (unpaired) electrons. The van der Waals surface area contributed by atoms with E-state index in [4.69, 9.17) is 4.74 Å². The summed E-state index contributed by atoms with van der Waals surface area (Å²) >= 11 is 1.20. The highest BCUT2D eigenvalue weighted by molar-refractivity contribution is 8.00. The Labute approximate surface area is 126 Å². The summed E-state index contributed by atoms with van der Waals surface area (Å²) in [6, 6.07) is 10.9. The minimum absolute atomic E-state index is 0.244. The lowest BCUT2D eigenvalue weighted by Crippen LogP contribution is -2.19. The van der Waals surface area contributed by atoms with Gasteiger partial charge in [-0.2, -0.15) is 0 Å². The van der Waals surface area contributed by atoms with Crippen molar-refractivity contribution in [2.75, 3.05) is 7.11 Å². The van der Waals surface area contributed by atoms with E-state index in [9.17, 15) is 9.59 Å². The largest absolute Gasteiger partial charge is 0.468 e. The summed E-state index contributed by atoms with van der Waals surface area (Å²) < 4.78 is 4.74. The van der Waals surface area contributed by atoms with Crippen LogP contribution < -0.4 is 5.56 Å². The summed E-state index contributed by atoms with van der Waals surface area (Å²) in [6.45, 7) is 1.88. The van der Waals surface area contributed by atoms with Crippen molar-refractivity contribution in [2.24, 2.45) is 0 Å². The van der Waals surface area contributed by atoms with Gasteiger partial charge in [0.25, 0.3) is 5.56 Å². The Kier molecular flexibility index (Phi) is 5.16. The molecule has 0 spiro atoms. The SMILES string of the molecule is CCC(Sc1nc(-c2ccccc2)cc(=O)[nH]1)C(=O)OC. The highest BCUT2D eigenvalue weighted by Gasteiger charge is 2.20. The Morgan fingerprint density at radius 3 is 2.71 bits per heavy atom. The van der Waals surface area contributed by atoms with Crippen LogP contribution in [0.3, 0.4) is 0 Å². The topological polar surface area (TPSA) is 72.0 Å². The highest BCUT2D eigenvalue weighted by atomic mass is 32.2. The summed E-state index contributed by atoms with van der Waals surface area (Å²) in [5, 5.41) is 0.0303. The van der Waals surface area contributed by atoms with Crippen molar-refractivity contribution in [3.63, 3.8) is 0 Å². The van der Waals surface area contributed by atoms with E-state index < -0.39 is 0 Å². The number of aromatic amines is 1. The normalized spacial score (nSPS) is 11.9. The molecular formula is C15H16N2O3S. The fourth-order valence-electron chi connectivity index (χ4n) is 1.81. The van der Waals surface area contributed by atoms with Gasteiger partial charge in [0, 0.05) is 11.6 Å². The van der Waals surface area contributed by atoms with Crippen molar-refractivity contribution < 1.29 is 9.53 Å². The molecule has 1 heterocycles. The summed E-state index contributed by atoms with van der Waals surface area (Å²) in [5.41, 5.74) is 1.20. The second-order valence-corrected chi connectivity index (χ2v) is 5.53. The van der Waals surface area contributed by atoms with Crippen molar-refractivity contribution in [1.82, 2.24) is 9.97 Å². The Morgan fingerprint density at radius 1 is 1.38 bits per heavy atom. The summed E-state index contributed by atoms with van der Waals surface area (Å²) in [7, 11) is 1.35. The molecule has 0 amide bonds. The number of hydrogen-bond donors (Lipinski definition) is 1. The lowest BCUT2D eigenvalue weighted by molar-refractivity contribution is -0.140. The van der Waals surface area contributed by atoms with Crippen LogP contribution in [0.5, 0.6) is 0 Å². The van der Waals surface area contributed by atoms with Gasteiger partial charge in [0.05, 0.1) is 12.8 Å². The van der Waals surface area contributed by atoms with Gasteiger partial charge in [-0.25, -0.2) is 4.98 Å². The maximum Gasteiger partial charge on any atom is 0.319 e. The highest BCUT2D eigenvalue weighted by Crippen LogP contribution is 2.24. The van der Waals surface area contributed by atoms with Crippen molar-refractivity contribution in [3.05, 3.63) is 46.8 Å². The molecule has 1 N–H and O–H groups in total. The van der Waals surface area contributed by atoms with Crippen LogP contribution in [0, 0.1) is 0 Å². The zero-order chi connectivity index (χ0) is 15.2. The maximum atomic E-state index is 11.8. The van der Waals surface area contributed by atoms with Crippen molar-refractivity contribution in [1.29, 1.82) is 0 Å². The lowest BCUT2D eigenvalue weighted by Gasteiger charge is -2.11. The first-order valence-electron chi connectivity index (χ1n) is 6.55. The molecule has 0 saturated heterocycles. The number of rotatable bonds is 5. The lowest BCUT2D eigenvalue weighted by atomic mass is 10.1. The maximum absolute atomic E-state index is 11.8. The number of carbonyl (C=O) groups is 1. The smallest absolute Gasteiger partial charge is 0.319 e. The molecule has 1 unspecified atom stereocenters. The number of ether oxygens (including phenoxy) is 1. The minimum atomic E-state index is -0.385. The van der Waals surface area contributed by atoms with Crippen LogP contribution in [0.2, 0.25) is 0 Å². The molecular weight excluding hydrogens is 288 g/mol. The molecule has 0 aliphatic heterocycles. The van der Waals surface area contributed by atoms with Crippen LogP contribution >= 0.6 is 11.8 Å². The first kappa shape index (κ1) is 15.3. The number of benzene rings is 1. The van der Waals surface area contributed by atoms with E-state index in [1.54, 1.807) is 0 Å². The zero-order valence-corrected chi connectivity index (χ0v) is 12.6. The Bertz CT molecular complexity index is 670. The molecule has 0 aliphatic rings. The number of nitrogens with one attached hydrogen (secondary N) is 1. The quantitative estimate of drug-likeness (QED) is 0.522. The standard InChI is InChI=1S/C15H16N2O3S/c1-3-12(14(19)20-2)21-15-16-11(9-13(18)17-15)10-7-5-4-6-8-10/h4-9,12H,3H2,1-2H3,(H,16,17,18). The van der Waals surface area contributed by atoms with Gasteiger partial charge in [0.2, 0.25) is 0 Å². The molecule has 1 aromatic heterocycles. The van der Waals surface area contributed by atoms with Crippen LogP contribution in [-0.4, -0.2) is 28.3 Å². The second-order valence-electron chi connectivity index (χ2n) is 4.34. The number of H-pyrrole nitrogens is 1. The van der Waals surface area contributed by atoms with Gasteiger partial charge in [-0.05, 0) is 6.42 Å².